The molecule has 0 amide bonds. The monoisotopic (exact) mass is 272 g/mol. The van der Waals surface area contributed by atoms with E-state index in [1.807, 2.05) is 0 Å². The first-order valence-electron chi connectivity index (χ1n) is 6.34. The molecule has 3 N–H and O–H groups in total. The summed E-state index contributed by atoms with van der Waals surface area (Å²) in [4.78, 5) is 0.216. The Morgan fingerprint density at radius 1 is 1.39 bits per heavy atom. The van der Waals surface area contributed by atoms with Gasteiger partial charge in [0.2, 0.25) is 10.0 Å². The standard InChI is InChI=1S/C12H20N2O3S/c1-9-12(7-11(8-13)17-9)18(15,16)14-10-5-3-2-4-6-10/h7,10,14H,2-6,8,13H2,1H3. The molecule has 0 spiro atoms. The summed E-state index contributed by atoms with van der Waals surface area (Å²) in [5.41, 5.74) is 5.45. The van der Waals surface area contributed by atoms with Crippen LogP contribution in [0.3, 0.4) is 0 Å². The Morgan fingerprint density at radius 3 is 2.61 bits per heavy atom. The molecule has 1 fully saturated rings. The zero-order valence-corrected chi connectivity index (χ0v) is 11.4. The van der Waals surface area contributed by atoms with Crippen molar-refractivity contribution in [1.82, 2.24) is 4.72 Å². The first kappa shape index (κ1) is 13.6. The summed E-state index contributed by atoms with van der Waals surface area (Å²) in [6.07, 6.45) is 5.21. The van der Waals surface area contributed by atoms with Gasteiger partial charge in [-0.25, -0.2) is 13.1 Å². The van der Waals surface area contributed by atoms with E-state index in [0.29, 0.717) is 11.5 Å². The third-order valence-electron chi connectivity index (χ3n) is 3.34. The van der Waals surface area contributed by atoms with Crippen molar-refractivity contribution in [3.05, 3.63) is 17.6 Å². The molecule has 2 rings (SSSR count). The second-order valence-corrected chi connectivity index (χ2v) is 6.48. The molecule has 0 aromatic carbocycles. The van der Waals surface area contributed by atoms with E-state index >= 15 is 0 Å². The molecule has 1 saturated carbocycles. The van der Waals surface area contributed by atoms with Gasteiger partial charge in [0.25, 0.3) is 0 Å². The zero-order chi connectivity index (χ0) is 13.2. The lowest BCUT2D eigenvalue weighted by molar-refractivity contribution is 0.411. The minimum Gasteiger partial charge on any atom is -0.464 e. The highest BCUT2D eigenvalue weighted by molar-refractivity contribution is 7.89. The minimum absolute atomic E-state index is 0.0550. The third-order valence-corrected chi connectivity index (χ3v) is 4.97. The van der Waals surface area contributed by atoms with Gasteiger partial charge in [0, 0.05) is 12.1 Å². The molecular formula is C12H20N2O3S. The van der Waals surface area contributed by atoms with Gasteiger partial charge in [-0.05, 0) is 19.8 Å². The number of furan rings is 1. The lowest BCUT2D eigenvalue weighted by Crippen LogP contribution is -2.36. The summed E-state index contributed by atoms with van der Waals surface area (Å²) < 4.78 is 32.5. The van der Waals surface area contributed by atoms with Gasteiger partial charge in [-0.1, -0.05) is 19.3 Å². The maximum absolute atomic E-state index is 12.2. The summed E-state index contributed by atoms with van der Waals surface area (Å²) in [6, 6.07) is 1.57. The molecule has 0 radical (unpaired) electrons. The van der Waals surface area contributed by atoms with Gasteiger partial charge in [0.15, 0.2) is 0 Å². The van der Waals surface area contributed by atoms with Crippen LogP contribution in [-0.2, 0) is 16.6 Å². The Kier molecular flexibility index (Phi) is 4.09. The number of rotatable bonds is 4. The highest BCUT2D eigenvalue weighted by Crippen LogP contribution is 2.23. The van der Waals surface area contributed by atoms with Crippen molar-refractivity contribution in [3.8, 4) is 0 Å². The molecule has 102 valence electrons. The lowest BCUT2D eigenvalue weighted by Gasteiger charge is -2.22. The van der Waals surface area contributed by atoms with Crippen molar-refractivity contribution in [1.29, 1.82) is 0 Å². The van der Waals surface area contributed by atoms with Crippen LogP contribution in [0.2, 0.25) is 0 Å². The van der Waals surface area contributed by atoms with E-state index in [-0.39, 0.29) is 17.5 Å². The molecular weight excluding hydrogens is 252 g/mol. The smallest absolute Gasteiger partial charge is 0.244 e. The van der Waals surface area contributed by atoms with E-state index in [2.05, 4.69) is 4.72 Å². The van der Waals surface area contributed by atoms with Crippen LogP contribution < -0.4 is 10.5 Å². The Balaban J connectivity index is 2.16. The molecule has 18 heavy (non-hydrogen) atoms. The Morgan fingerprint density at radius 2 is 2.06 bits per heavy atom. The van der Waals surface area contributed by atoms with E-state index in [9.17, 15) is 8.42 Å². The predicted octanol–water partition coefficient (Wildman–Crippen LogP) is 1.66. The maximum Gasteiger partial charge on any atom is 0.244 e. The fourth-order valence-electron chi connectivity index (χ4n) is 2.39. The quantitative estimate of drug-likeness (QED) is 0.873. The van der Waals surface area contributed by atoms with Crippen LogP contribution in [-0.4, -0.2) is 14.5 Å². The molecule has 6 heteroatoms. The van der Waals surface area contributed by atoms with Crippen molar-refractivity contribution in [3.63, 3.8) is 0 Å². The zero-order valence-electron chi connectivity index (χ0n) is 10.6. The normalized spacial score (nSPS) is 18.1. The fraction of sp³-hybridized carbons (Fsp3) is 0.667. The molecule has 1 aliphatic carbocycles. The molecule has 1 aromatic heterocycles. The molecule has 0 bridgehead atoms. The lowest BCUT2D eigenvalue weighted by atomic mass is 9.96. The summed E-state index contributed by atoms with van der Waals surface area (Å²) in [5, 5.41) is 0. The number of sulfonamides is 1. The largest absolute Gasteiger partial charge is 0.464 e. The minimum atomic E-state index is -3.48. The average molecular weight is 272 g/mol. The van der Waals surface area contributed by atoms with Gasteiger partial charge in [-0.3, -0.25) is 0 Å². The van der Waals surface area contributed by atoms with Gasteiger partial charge < -0.3 is 10.2 Å². The molecule has 1 heterocycles. The van der Waals surface area contributed by atoms with E-state index in [1.165, 1.54) is 12.5 Å². The maximum atomic E-state index is 12.2. The van der Waals surface area contributed by atoms with Crippen molar-refractivity contribution in [2.24, 2.45) is 5.73 Å². The van der Waals surface area contributed by atoms with Crippen LogP contribution >= 0.6 is 0 Å². The first-order valence-corrected chi connectivity index (χ1v) is 7.83. The van der Waals surface area contributed by atoms with Gasteiger partial charge in [0.05, 0.1) is 6.54 Å². The van der Waals surface area contributed by atoms with Crippen LogP contribution in [0.15, 0.2) is 15.4 Å². The molecule has 1 aliphatic rings. The van der Waals surface area contributed by atoms with Crippen LogP contribution in [0.4, 0.5) is 0 Å². The van der Waals surface area contributed by atoms with Gasteiger partial charge in [-0.15, -0.1) is 0 Å². The summed E-state index contributed by atoms with van der Waals surface area (Å²) in [6.45, 7) is 1.86. The van der Waals surface area contributed by atoms with Gasteiger partial charge >= 0.3 is 0 Å². The third kappa shape index (κ3) is 2.93. The summed E-state index contributed by atoms with van der Waals surface area (Å²) in [5.74, 6) is 0.898. The molecule has 1 aromatic rings. The number of hydrogen-bond donors (Lipinski definition) is 2. The highest BCUT2D eigenvalue weighted by atomic mass is 32.2. The van der Waals surface area contributed by atoms with E-state index in [0.717, 1.165) is 25.7 Å². The van der Waals surface area contributed by atoms with Crippen molar-refractivity contribution >= 4 is 10.0 Å². The number of nitrogens with one attached hydrogen (secondary N) is 1. The second-order valence-electron chi connectivity index (χ2n) is 4.79. The van der Waals surface area contributed by atoms with Crippen molar-refractivity contribution in [2.45, 2.75) is 56.5 Å². The highest BCUT2D eigenvalue weighted by Gasteiger charge is 2.25. The number of hydrogen-bond acceptors (Lipinski definition) is 4. The van der Waals surface area contributed by atoms with Crippen molar-refractivity contribution in [2.75, 3.05) is 0 Å². The Labute approximate surface area is 108 Å². The molecule has 0 unspecified atom stereocenters. The van der Waals surface area contributed by atoms with Crippen LogP contribution in [0.25, 0.3) is 0 Å². The topological polar surface area (TPSA) is 85.3 Å². The second kappa shape index (κ2) is 5.42. The molecule has 5 nitrogen and oxygen atoms in total. The molecule has 0 saturated heterocycles. The number of nitrogens with two attached hydrogens (primary N) is 1. The summed E-state index contributed by atoms with van der Waals surface area (Å²) >= 11 is 0. The van der Waals surface area contributed by atoms with Crippen LogP contribution in [0.5, 0.6) is 0 Å². The average Bonchev–Trinajstić information content (AvgIpc) is 2.72. The first-order chi connectivity index (χ1) is 8.53. The SMILES string of the molecule is Cc1oc(CN)cc1S(=O)(=O)NC1CCCCC1. The van der Waals surface area contributed by atoms with Gasteiger partial charge in [-0.2, -0.15) is 0 Å². The summed E-state index contributed by atoms with van der Waals surface area (Å²) in [7, 11) is -3.48. The Hall–Kier alpha value is -0.850. The fourth-order valence-corrected chi connectivity index (χ4v) is 3.90. The Bertz CT molecular complexity index is 501. The van der Waals surface area contributed by atoms with Crippen molar-refractivity contribution < 1.29 is 12.8 Å². The van der Waals surface area contributed by atoms with Crippen LogP contribution in [0, 0.1) is 6.92 Å². The predicted molar refractivity (Wildman–Crippen MR) is 68.5 cm³/mol. The molecule has 0 aliphatic heterocycles. The molecule has 0 atom stereocenters. The number of aryl methyl sites for hydroxylation is 1. The van der Waals surface area contributed by atoms with Gasteiger partial charge in [0.1, 0.15) is 16.4 Å². The van der Waals surface area contributed by atoms with Crippen LogP contribution in [0.1, 0.15) is 43.6 Å². The van der Waals surface area contributed by atoms with E-state index in [4.69, 9.17) is 10.2 Å². The van der Waals surface area contributed by atoms with E-state index < -0.39 is 10.0 Å². The van der Waals surface area contributed by atoms with E-state index in [1.54, 1.807) is 6.92 Å².